The summed E-state index contributed by atoms with van der Waals surface area (Å²) in [7, 11) is -0.878. The van der Waals surface area contributed by atoms with Crippen molar-refractivity contribution in [3.05, 3.63) is 259 Å². The van der Waals surface area contributed by atoms with Crippen LogP contribution in [0.4, 0.5) is 0 Å². The number of nitrogens with zero attached hydrogens (tertiary/aromatic N) is 7. The van der Waals surface area contributed by atoms with Crippen LogP contribution >= 0.6 is 0 Å². The molecule has 0 radical (unpaired) electrons. The molecule has 17 nitrogen and oxygen atoms in total. The van der Waals surface area contributed by atoms with Crippen LogP contribution in [-0.2, 0) is 86.8 Å². The Hall–Kier alpha value is -8.65. The van der Waals surface area contributed by atoms with Gasteiger partial charge in [-0.25, -0.2) is 4.18 Å². The van der Waals surface area contributed by atoms with E-state index in [0.29, 0.717) is 24.6 Å². The van der Waals surface area contributed by atoms with Gasteiger partial charge < -0.3 is 26.5 Å². The topological polar surface area (TPSA) is 213 Å². The fourth-order valence-corrected chi connectivity index (χ4v) is 13.6. The highest BCUT2D eigenvalue weighted by molar-refractivity contribution is 7.86. The third kappa shape index (κ3) is 21.4. The fraction of sp³-hybridized carbons (Fsp3) is 0.392. The van der Waals surface area contributed by atoms with Crippen LogP contribution in [0.2, 0.25) is 0 Å². The Morgan fingerprint density at radius 1 is 0.588 bits per heavy atom. The van der Waals surface area contributed by atoms with Crippen molar-refractivity contribution in [1.29, 1.82) is 0 Å². The third-order valence-corrected chi connectivity index (χ3v) is 19.0. The number of hydrogen-bond donors (Lipinski definition) is 4. The molecule has 0 unspecified atom stereocenters. The lowest BCUT2D eigenvalue weighted by Gasteiger charge is -2.41. The van der Waals surface area contributed by atoms with E-state index >= 15 is 0 Å². The first kappa shape index (κ1) is 75.7. The van der Waals surface area contributed by atoms with Crippen molar-refractivity contribution in [3.8, 4) is 0 Å². The van der Waals surface area contributed by atoms with E-state index in [1.54, 1.807) is 49.5 Å². The maximum absolute atomic E-state index is 13.2. The highest BCUT2D eigenvalue weighted by Crippen LogP contribution is 2.41. The molecule has 2 aliphatic heterocycles. The molecule has 3 aromatic heterocycles. The number of fused-ring (bicyclic) bond motifs is 2. The van der Waals surface area contributed by atoms with E-state index in [0.717, 1.165) is 113 Å². The summed E-state index contributed by atoms with van der Waals surface area (Å²) < 4.78 is 36.2. The largest absolute Gasteiger partial charge is 0.358 e. The summed E-state index contributed by atoms with van der Waals surface area (Å²) in [5.74, 6) is -0.484. The first-order chi connectivity index (χ1) is 46.8. The smallest absolute Gasteiger partial charge is 0.298 e. The zero-order chi connectivity index (χ0) is 70.0. The normalized spacial score (nSPS) is 14.6. The van der Waals surface area contributed by atoms with Gasteiger partial charge in [0.1, 0.15) is 12.3 Å². The van der Waals surface area contributed by atoms with E-state index in [-0.39, 0.29) is 22.9 Å². The lowest BCUT2D eigenvalue weighted by atomic mass is 9.88. The van der Waals surface area contributed by atoms with Crippen molar-refractivity contribution in [2.75, 3.05) is 33.7 Å². The monoisotopic (exact) mass is 1330 g/mol. The maximum Gasteiger partial charge on any atom is 0.298 e. The molecular formula is C79H103N11O6S. The predicted molar refractivity (Wildman–Crippen MR) is 389 cm³/mol. The summed E-state index contributed by atoms with van der Waals surface area (Å²) in [5, 5.41) is 22.9. The Morgan fingerprint density at radius 2 is 1.06 bits per heavy atom. The highest BCUT2D eigenvalue weighted by atomic mass is 32.2. The van der Waals surface area contributed by atoms with Gasteiger partial charge in [0.25, 0.3) is 16.0 Å². The highest BCUT2D eigenvalue weighted by Gasteiger charge is 2.39. The Bertz CT molecular complexity index is 4000. The van der Waals surface area contributed by atoms with E-state index in [9.17, 15) is 22.8 Å². The molecule has 97 heavy (non-hydrogen) atoms. The van der Waals surface area contributed by atoms with Gasteiger partial charge in [-0.3, -0.25) is 28.5 Å². The second-order valence-corrected chi connectivity index (χ2v) is 26.4. The number of nitrogens with two attached hydrogens (primary N) is 1. The SMILES string of the molecule is CCn1nc(C)c2c1CCN([C@@H](C(=O)NC)c1ccccc1)[C@H]2CCc1ccc(C)cc1.CCn1nc(C)c2c1CCN[C@H]2CCc1ccc(C)cc1.CCn1nc(C)cc1CCN.CNC(=O)[C@H](OS(=O)(=O)c1ccc(C)cc1)c1ccccc1.Cc1ccc(CCC=O)cc1. The maximum atomic E-state index is 13.2. The molecule has 5 N–H and O–H groups in total. The number of nitrogens with one attached hydrogen (secondary N) is 3. The van der Waals surface area contributed by atoms with Gasteiger partial charge in [-0.2, -0.15) is 23.7 Å². The van der Waals surface area contributed by atoms with Gasteiger partial charge in [0.2, 0.25) is 5.91 Å². The van der Waals surface area contributed by atoms with E-state index in [4.69, 9.17) is 20.1 Å². The van der Waals surface area contributed by atoms with Crippen molar-refractivity contribution in [1.82, 2.24) is 50.2 Å². The number of aryl methyl sites for hydroxylation is 13. The standard InChI is InChI=1S/C27H34N4O.C18H25N3.C16H17NO4S.C10H12O.C8H15N3/c1-5-31-24-17-18-30(26(27(32)28-4)22-9-7-6-8-10-22)23(25(24)20(3)29-31)16-15-21-13-11-19(2)12-14-21;1-4-21-17-11-12-19-16(18(17)14(3)20-21)10-9-15-7-5-13(2)6-8-15;1-12-8-10-14(11-9-12)22(19,20)21-15(16(18)17-2)13-6-4-3-5-7-13;1-9-4-6-10(7-5-9)3-2-8-11;1-3-11-8(4-5-9)6-7(2)10-11/h6-14,23,26H,5,15-18H2,1-4H3,(H,28,32);5-8,16,19H,4,9-12H2,1-3H3;3-11,15H,1-2H3,(H,17,18);4-8H,2-3H2,1H3;6H,3-5,9H2,1-2H3/t23-,26+;16-;15-;;/m001../s1. The molecule has 2 aliphatic rings. The fourth-order valence-electron chi connectivity index (χ4n) is 12.6. The molecule has 0 saturated heterocycles. The van der Waals surface area contributed by atoms with Crippen LogP contribution in [0.5, 0.6) is 0 Å². The molecule has 6 aromatic carbocycles. The van der Waals surface area contributed by atoms with Gasteiger partial charge in [0.05, 0.1) is 22.0 Å². The average Bonchev–Trinajstić information content (AvgIpc) is 1.70. The number of likely N-dealkylation sites (N-methyl/N-ethyl adjacent to an activating group) is 2. The Kier molecular flexibility index (Phi) is 29.5. The Labute approximate surface area is 576 Å². The summed E-state index contributed by atoms with van der Waals surface area (Å²) in [6.45, 7) is 26.2. The number of carbonyl (C=O) groups excluding carboxylic acids is 3. The molecule has 0 saturated carbocycles. The molecule has 9 aromatic rings. The first-order valence-electron chi connectivity index (χ1n) is 34.2. The number of aromatic nitrogens is 6. The lowest BCUT2D eigenvalue weighted by Crippen LogP contribution is -2.45. The van der Waals surface area contributed by atoms with Crippen LogP contribution in [-0.4, -0.2) is 94.5 Å². The molecular weight excluding hydrogens is 1230 g/mol. The van der Waals surface area contributed by atoms with Gasteiger partial charge in [-0.1, -0.05) is 168 Å². The number of amides is 2. The van der Waals surface area contributed by atoms with Crippen LogP contribution in [0.25, 0.3) is 0 Å². The number of aldehydes is 1. The van der Waals surface area contributed by atoms with Crippen LogP contribution in [0, 0.1) is 48.5 Å². The van der Waals surface area contributed by atoms with Gasteiger partial charge in [0.15, 0.2) is 6.10 Å². The average molecular weight is 1330 g/mol. The summed E-state index contributed by atoms with van der Waals surface area (Å²) in [6, 6.07) is 53.3. The summed E-state index contributed by atoms with van der Waals surface area (Å²) in [5.41, 5.74) is 25.9. The summed E-state index contributed by atoms with van der Waals surface area (Å²) >= 11 is 0. The summed E-state index contributed by atoms with van der Waals surface area (Å²) in [6.07, 6.45) is 8.34. The number of carbonyl (C=O) groups is 3. The summed E-state index contributed by atoms with van der Waals surface area (Å²) in [4.78, 5) is 37.6. The zero-order valence-electron chi connectivity index (χ0n) is 59.1. The Balaban J connectivity index is 0.000000181. The van der Waals surface area contributed by atoms with Gasteiger partial charge in [-0.05, 0) is 154 Å². The second kappa shape index (κ2) is 37.8. The molecule has 0 aliphatic carbocycles. The molecule has 516 valence electrons. The minimum absolute atomic E-state index is 0.0166. The molecule has 0 spiro atoms. The predicted octanol–water partition coefficient (Wildman–Crippen LogP) is 12.9. The molecule has 18 heteroatoms. The minimum Gasteiger partial charge on any atom is -0.358 e. The molecule has 11 rings (SSSR count). The van der Waals surface area contributed by atoms with E-state index < -0.39 is 22.1 Å². The second-order valence-electron chi connectivity index (χ2n) is 24.9. The number of hydrogen-bond acceptors (Lipinski definition) is 12. The third-order valence-electron chi connectivity index (χ3n) is 17.7. The molecule has 4 atom stereocenters. The molecule has 0 fully saturated rings. The Morgan fingerprint density at radius 3 is 1.56 bits per heavy atom. The molecule has 2 amide bonds. The van der Waals surface area contributed by atoms with E-state index in [1.807, 2.05) is 36.7 Å². The van der Waals surface area contributed by atoms with Crippen molar-refractivity contribution in [2.45, 2.75) is 176 Å². The van der Waals surface area contributed by atoms with Crippen LogP contribution in [0.3, 0.4) is 0 Å². The first-order valence-corrected chi connectivity index (χ1v) is 35.6. The molecule has 5 heterocycles. The van der Waals surface area contributed by atoms with Crippen molar-refractivity contribution < 1.29 is 27.0 Å². The van der Waals surface area contributed by atoms with Gasteiger partial charge in [0, 0.05) is 113 Å². The minimum atomic E-state index is -4.04. The van der Waals surface area contributed by atoms with Crippen molar-refractivity contribution in [2.24, 2.45) is 5.73 Å². The quantitative estimate of drug-likeness (QED) is 0.0369. The van der Waals surface area contributed by atoms with Gasteiger partial charge >= 0.3 is 0 Å². The van der Waals surface area contributed by atoms with Crippen molar-refractivity contribution in [3.63, 3.8) is 0 Å². The van der Waals surface area contributed by atoms with Crippen LogP contribution in [0.15, 0.2) is 169 Å². The lowest BCUT2D eigenvalue weighted by molar-refractivity contribution is -0.128. The van der Waals surface area contributed by atoms with Crippen molar-refractivity contribution >= 4 is 28.2 Å². The van der Waals surface area contributed by atoms with E-state index in [1.165, 1.54) is 86.5 Å². The van der Waals surface area contributed by atoms with E-state index in [2.05, 4.69) is 182 Å². The van der Waals surface area contributed by atoms with Crippen LogP contribution in [0.1, 0.15) is 160 Å². The van der Waals surface area contributed by atoms with Crippen LogP contribution < -0.4 is 21.7 Å². The zero-order valence-corrected chi connectivity index (χ0v) is 60.0. The molecule has 0 bridgehead atoms. The van der Waals surface area contributed by atoms with Gasteiger partial charge in [-0.15, -0.1) is 0 Å². The number of rotatable bonds is 22. The number of benzene rings is 6.